The number of rotatable bonds is 4. The maximum atomic E-state index is 12.1. The lowest BCUT2D eigenvalue weighted by atomic mass is 9.95. The standard InChI is InChI=1S/C17H25BrN2O3/c1-17(2,3)23-16(21)20-10-5-6-13(12-20)9-11-22-15-8-4-7-14(18)19-15/h4,7-8,13H,5-6,9-12H2,1-3H3/t13-/m1/s1. The fourth-order valence-electron chi connectivity index (χ4n) is 2.59. The molecule has 1 aliphatic heterocycles. The van der Waals surface area contributed by atoms with E-state index in [-0.39, 0.29) is 6.09 Å². The summed E-state index contributed by atoms with van der Waals surface area (Å²) in [6.45, 7) is 7.81. The first-order valence-corrected chi connectivity index (χ1v) is 8.86. The first-order valence-electron chi connectivity index (χ1n) is 8.07. The van der Waals surface area contributed by atoms with E-state index in [2.05, 4.69) is 20.9 Å². The molecule has 6 heteroatoms. The number of carbonyl (C=O) groups excluding carboxylic acids is 1. The van der Waals surface area contributed by atoms with Gasteiger partial charge >= 0.3 is 6.09 Å². The van der Waals surface area contributed by atoms with Gasteiger partial charge in [0.15, 0.2) is 0 Å². The summed E-state index contributed by atoms with van der Waals surface area (Å²) in [6, 6.07) is 5.61. The molecule has 128 valence electrons. The molecule has 1 amide bonds. The largest absolute Gasteiger partial charge is 0.478 e. The molecule has 0 aliphatic carbocycles. The predicted molar refractivity (Wildman–Crippen MR) is 92.6 cm³/mol. The van der Waals surface area contributed by atoms with E-state index in [1.54, 1.807) is 0 Å². The van der Waals surface area contributed by atoms with Crippen molar-refractivity contribution in [3.63, 3.8) is 0 Å². The number of ether oxygens (including phenoxy) is 2. The number of halogens is 1. The molecule has 1 saturated heterocycles. The van der Waals surface area contributed by atoms with Gasteiger partial charge in [0.05, 0.1) is 6.61 Å². The van der Waals surface area contributed by atoms with E-state index in [0.717, 1.165) is 37.0 Å². The molecule has 5 nitrogen and oxygen atoms in total. The third-order valence-corrected chi connectivity index (χ3v) is 4.08. The van der Waals surface area contributed by atoms with Gasteiger partial charge in [0.2, 0.25) is 5.88 Å². The summed E-state index contributed by atoms with van der Waals surface area (Å²) in [7, 11) is 0. The van der Waals surface area contributed by atoms with Crippen molar-refractivity contribution in [1.29, 1.82) is 0 Å². The molecule has 1 atom stereocenters. The van der Waals surface area contributed by atoms with Gasteiger partial charge in [-0.3, -0.25) is 0 Å². The lowest BCUT2D eigenvalue weighted by Gasteiger charge is -2.34. The van der Waals surface area contributed by atoms with E-state index in [4.69, 9.17) is 9.47 Å². The Morgan fingerprint density at radius 2 is 2.22 bits per heavy atom. The van der Waals surface area contributed by atoms with Gasteiger partial charge in [-0.2, -0.15) is 0 Å². The van der Waals surface area contributed by atoms with Crippen molar-refractivity contribution in [2.75, 3.05) is 19.7 Å². The highest BCUT2D eigenvalue weighted by Gasteiger charge is 2.27. The first-order chi connectivity index (χ1) is 10.8. The number of hydrogen-bond acceptors (Lipinski definition) is 4. The number of pyridine rings is 1. The maximum absolute atomic E-state index is 12.1. The lowest BCUT2D eigenvalue weighted by Crippen LogP contribution is -2.43. The fourth-order valence-corrected chi connectivity index (χ4v) is 2.92. The molecule has 1 fully saturated rings. The van der Waals surface area contributed by atoms with Gasteiger partial charge in [0, 0.05) is 19.2 Å². The van der Waals surface area contributed by atoms with Gasteiger partial charge in [0.1, 0.15) is 10.2 Å². The highest BCUT2D eigenvalue weighted by atomic mass is 79.9. The summed E-state index contributed by atoms with van der Waals surface area (Å²) >= 11 is 3.33. The molecule has 0 aromatic carbocycles. The smallest absolute Gasteiger partial charge is 0.410 e. The van der Waals surface area contributed by atoms with Crippen molar-refractivity contribution >= 4 is 22.0 Å². The van der Waals surface area contributed by atoms with Crippen LogP contribution in [0, 0.1) is 5.92 Å². The minimum atomic E-state index is -0.445. The molecule has 23 heavy (non-hydrogen) atoms. The Labute approximate surface area is 146 Å². The van der Waals surface area contributed by atoms with E-state index in [0.29, 0.717) is 18.4 Å². The van der Waals surface area contributed by atoms with Gasteiger partial charge in [-0.1, -0.05) is 6.07 Å². The highest BCUT2D eigenvalue weighted by molar-refractivity contribution is 9.10. The molecule has 1 aromatic heterocycles. The summed E-state index contributed by atoms with van der Waals surface area (Å²) in [5, 5.41) is 0. The van der Waals surface area contributed by atoms with Crippen molar-refractivity contribution in [3.05, 3.63) is 22.8 Å². The number of carbonyl (C=O) groups is 1. The van der Waals surface area contributed by atoms with E-state index in [9.17, 15) is 4.79 Å². The molecule has 0 saturated carbocycles. The molecule has 0 unspecified atom stereocenters. The Morgan fingerprint density at radius 3 is 2.91 bits per heavy atom. The molecule has 0 N–H and O–H groups in total. The Hall–Kier alpha value is -1.30. The molecule has 2 rings (SSSR count). The van der Waals surface area contributed by atoms with Crippen molar-refractivity contribution in [2.45, 2.75) is 45.6 Å². The van der Waals surface area contributed by atoms with Gasteiger partial charge < -0.3 is 14.4 Å². The molecular weight excluding hydrogens is 360 g/mol. The van der Waals surface area contributed by atoms with Crippen LogP contribution in [0.4, 0.5) is 4.79 Å². The van der Waals surface area contributed by atoms with Gasteiger partial charge in [0.25, 0.3) is 0 Å². The van der Waals surface area contributed by atoms with E-state index < -0.39 is 5.60 Å². The summed E-state index contributed by atoms with van der Waals surface area (Å²) in [5.74, 6) is 1.07. The highest BCUT2D eigenvalue weighted by Crippen LogP contribution is 2.22. The molecule has 1 aliphatic rings. The normalized spacial score (nSPS) is 18.6. The van der Waals surface area contributed by atoms with Crippen LogP contribution in [0.25, 0.3) is 0 Å². The zero-order chi connectivity index (χ0) is 16.9. The quantitative estimate of drug-likeness (QED) is 0.727. The van der Waals surface area contributed by atoms with E-state index in [1.807, 2.05) is 43.9 Å². The zero-order valence-electron chi connectivity index (χ0n) is 14.0. The van der Waals surface area contributed by atoms with Gasteiger partial charge in [-0.05, 0) is 67.9 Å². The predicted octanol–water partition coefficient (Wildman–Crippen LogP) is 4.26. The minimum Gasteiger partial charge on any atom is -0.478 e. The second-order valence-electron chi connectivity index (χ2n) is 6.87. The third kappa shape index (κ3) is 6.37. The van der Waals surface area contributed by atoms with Crippen LogP contribution in [0.2, 0.25) is 0 Å². The molecule has 2 heterocycles. The topological polar surface area (TPSA) is 51.7 Å². The Bertz CT molecular complexity index is 531. The number of amides is 1. The van der Waals surface area contributed by atoms with Crippen LogP contribution < -0.4 is 4.74 Å². The van der Waals surface area contributed by atoms with E-state index >= 15 is 0 Å². The van der Waals surface area contributed by atoms with Crippen LogP contribution in [0.5, 0.6) is 5.88 Å². The van der Waals surface area contributed by atoms with Gasteiger partial charge in [-0.15, -0.1) is 0 Å². The molecule has 1 aromatic rings. The Balaban J connectivity index is 1.76. The van der Waals surface area contributed by atoms with Crippen LogP contribution >= 0.6 is 15.9 Å². The second kappa shape index (κ2) is 7.99. The first kappa shape index (κ1) is 18.0. The van der Waals surface area contributed by atoms with Crippen molar-refractivity contribution in [1.82, 2.24) is 9.88 Å². The monoisotopic (exact) mass is 384 g/mol. The Kier molecular flexibility index (Phi) is 6.27. The summed E-state index contributed by atoms with van der Waals surface area (Å²) < 4.78 is 11.9. The average molecular weight is 385 g/mol. The van der Waals surface area contributed by atoms with Crippen LogP contribution in [-0.2, 0) is 4.74 Å². The average Bonchev–Trinajstić information content (AvgIpc) is 2.46. The van der Waals surface area contributed by atoms with Crippen LogP contribution in [0.1, 0.15) is 40.0 Å². The summed E-state index contributed by atoms with van der Waals surface area (Å²) in [6.07, 6.45) is 2.83. The van der Waals surface area contributed by atoms with Crippen molar-refractivity contribution < 1.29 is 14.3 Å². The summed E-state index contributed by atoms with van der Waals surface area (Å²) in [5.41, 5.74) is -0.445. The van der Waals surface area contributed by atoms with Crippen molar-refractivity contribution in [2.24, 2.45) is 5.92 Å². The lowest BCUT2D eigenvalue weighted by molar-refractivity contribution is 0.0154. The minimum absolute atomic E-state index is 0.211. The fraction of sp³-hybridized carbons (Fsp3) is 0.647. The number of piperidine rings is 1. The van der Waals surface area contributed by atoms with Crippen LogP contribution in [0.15, 0.2) is 22.8 Å². The number of likely N-dealkylation sites (tertiary alicyclic amines) is 1. The van der Waals surface area contributed by atoms with E-state index in [1.165, 1.54) is 0 Å². The number of aromatic nitrogens is 1. The van der Waals surface area contributed by atoms with Gasteiger partial charge in [-0.25, -0.2) is 9.78 Å². The van der Waals surface area contributed by atoms with Crippen molar-refractivity contribution in [3.8, 4) is 5.88 Å². The molecule has 0 spiro atoms. The molecule has 0 radical (unpaired) electrons. The number of nitrogens with zero attached hydrogens (tertiary/aromatic N) is 2. The second-order valence-corrected chi connectivity index (χ2v) is 7.68. The third-order valence-electron chi connectivity index (χ3n) is 3.64. The maximum Gasteiger partial charge on any atom is 0.410 e. The van der Waals surface area contributed by atoms with Crippen LogP contribution in [-0.4, -0.2) is 41.3 Å². The summed E-state index contributed by atoms with van der Waals surface area (Å²) in [4.78, 5) is 18.2. The molecule has 0 bridgehead atoms. The SMILES string of the molecule is CC(C)(C)OC(=O)N1CCC[C@H](CCOc2cccc(Br)n2)C1. The Morgan fingerprint density at radius 1 is 1.43 bits per heavy atom. The number of hydrogen-bond donors (Lipinski definition) is 0. The molecular formula is C17H25BrN2O3. The van der Waals surface area contributed by atoms with Crippen LogP contribution in [0.3, 0.4) is 0 Å². The zero-order valence-corrected chi connectivity index (χ0v) is 15.6.